The minimum atomic E-state index is -3.78. The maximum absolute atomic E-state index is 11.1. The van der Waals surface area contributed by atoms with Crippen LogP contribution in [0.4, 0.5) is 0 Å². The van der Waals surface area contributed by atoms with Gasteiger partial charge >= 0.3 is 5.97 Å². The Balaban J connectivity index is 3.22. The zero-order chi connectivity index (χ0) is 10.8. The standard InChI is InChI=1S/C8H8O4S2/c9-8(10)7(14(11,12)13)6-4-2-1-3-5-6/h1-5,7H,(H,9,10)(H,11,12,13). The minimum Gasteiger partial charge on any atom is -0.480 e. The quantitative estimate of drug-likeness (QED) is 0.814. The molecule has 0 aliphatic heterocycles. The zero-order valence-electron chi connectivity index (χ0n) is 6.99. The second-order valence-corrected chi connectivity index (χ2v) is 5.58. The van der Waals surface area contributed by atoms with Gasteiger partial charge in [0.25, 0.3) is 0 Å². The number of carboxylic acids is 1. The Morgan fingerprint density at radius 1 is 1.36 bits per heavy atom. The van der Waals surface area contributed by atoms with E-state index in [9.17, 15) is 9.00 Å². The van der Waals surface area contributed by atoms with Crippen LogP contribution >= 0.6 is 0 Å². The van der Waals surface area contributed by atoms with E-state index in [-0.39, 0.29) is 5.56 Å². The van der Waals surface area contributed by atoms with Crippen LogP contribution in [-0.4, -0.2) is 19.8 Å². The molecule has 0 aliphatic rings. The van der Waals surface area contributed by atoms with Gasteiger partial charge in [0.05, 0.1) is 0 Å². The molecule has 2 N–H and O–H groups in total. The van der Waals surface area contributed by atoms with Gasteiger partial charge in [-0.3, -0.25) is 4.79 Å². The number of aliphatic carboxylic acids is 1. The van der Waals surface area contributed by atoms with Gasteiger partial charge in [0.2, 0.25) is 0 Å². The largest absolute Gasteiger partial charge is 0.480 e. The molecular weight excluding hydrogens is 224 g/mol. The van der Waals surface area contributed by atoms with Crippen molar-refractivity contribution < 1.29 is 18.7 Å². The predicted molar refractivity (Wildman–Crippen MR) is 55.0 cm³/mol. The summed E-state index contributed by atoms with van der Waals surface area (Å²) in [4.78, 5) is 10.7. The summed E-state index contributed by atoms with van der Waals surface area (Å²) in [6.45, 7) is 0. The second kappa shape index (κ2) is 4.04. The molecule has 1 aromatic carbocycles. The molecular formula is C8H8O4S2. The lowest BCUT2D eigenvalue weighted by Crippen LogP contribution is -2.20. The molecule has 0 saturated carbocycles. The van der Waals surface area contributed by atoms with Crippen LogP contribution in [0, 0.1) is 0 Å². The van der Waals surface area contributed by atoms with Gasteiger partial charge in [-0.05, 0) is 5.56 Å². The average Bonchev–Trinajstić information content (AvgIpc) is 2.02. The Bertz CT molecular complexity index is 424. The van der Waals surface area contributed by atoms with E-state index in [1.54, 1.807) is 18.2 Å². The number of carbonyl (C=O) groups is 1. The fraction of sp³-hybridized carbons (Fsp3) is 0.125. The fourth-order valence-corrected chi connectivity index (χ4v) is 2.41. The molecule has 6 heteroatoms. The van der Waals surface area contributed by atoms with Crippen molar-refractivity contribution in [2.45, 2.75) is 5.25 Å². The Labute approximate surface area is 86.1 Å². The van der Waals surface area contributed by atoms with E-state index < -0.39 is 20.0 Å². The number of hydrogen-bond donors (Lipinski definition) is 2. The third kappa shape index (κ3) is 2.50. The normalized spacial score (nSPS) is 16.9. The highest BCUT2D eigenvalue weighted by molar-refractivity contribution is 8.30. The Hall–Kier alpha value is -0.980. The number of hydrogen-bond acceptors (Lipinski definition) is 3. The molecule has 2 unspecified atom stereocenters. The molecule has 0 bridgehead atoms. The molecule has 1 aromatic rings. The Kier molecular flexibility index (Phi) is 3.20. The van der Waals surface area contributed by atoms with Crippen molar-refractivity contribution in [1.29, 1.82) is 0 Å². The molecule has 0 heterocycles. The smallest absolute Gasteiger partial charge is 0.326 e. The van der Waals surface area contributed by atoms with Gasteiger partial charge in [-0.25, -0.2) is 4.21 Å². The lowest BCUT2D eigenvalue weighted by Gasteiger charge is -2.10. The predicted octanol–water partition coefficient (Wildman–Crippen LogP) is 1.03. The van der Waals surface area contributed by atoms with Gasteiger partial charge in [0.15, 0.2) is 14.0 Å². The zero-order valence-corrected chi connectivity index (χ0v) is 8.62. The first-order valence-corrected chi connectivity index (χ1v) is 6.17. The first-order chi connectivity index (χ1) is 6.43. The molecule has 14 heavy (non-hydrogen) atoms. The molecule has 0 saturated heterocycles. The third-order valence-electron chi connectivity index (χ3n) is 1.62. The summed E-state index contributed by atoms with van der Waals surface area (Å²) in [6.07, 6.45) is 0. The summed E-state index contributed by atoms with van der Waals surface area (Å²) in [5.41, 5.74) is 0.238. The highest BCUT2D eigenvalue weighted by atomic mass is 32.8. The number of benzene rings is 1. The highest BCUT2D eigenvalue weighted by Gasteiger charge is 2.29. The van der Waals surface area contributed by atoms with Gasteiger partial charge in [-0.2, -0.15) is 0 Å². The van der Waals surface area contributed by atoms with Gasteiger partial charge in [0.1, 0.15) is 0 Å². The van der Waals surface area contributed by atoms with Crippen molar-refractivity contribution in [2.75, 3.05) is 0 Å². The molecule has 0 aromatic heterocycles. The fourth-order valence-electron chi connectivity index (χ4n) is 1.07. The molecule has 0 amide bonds. The van der Waals surface area contributed by atoms with Crippen LogP contribution < -0.4 is 0 Å². The van der Waals surface area contributed by atoms with Gasteiger partial charge in [0, 0.05) is 11.2 Å². The van der Waals surface area contributed by atoms with E-state index in [2.05, 4.69) is 11.2 Å². The SMILES string of the molecule is O=C(O)C(c1ccccc1)S(=O)(O)=S. The average molecular weight is 232 g/mol. The summed E-state index contributed by atoms with van der Waals surface area (Å²) in [5.74, 6) is -1.39. The van der Waals surface area contributed by atoms with Crippen LogP contribution in [0.3, 0.4) is 0 Å². The maximum Gasteiger partial charge on any atom is 0.326 e. The molecule has 0 spiro atoms. The van der Waals surface area contributed by atoms with Crippen LogP contribution in [0.15, 0.2) is 30.3 Å². The molecule has 0 aliphatic carbocycles. The summed E-state index contributed by atoms with van der Waals surface area (Å²) in [5, 5.41) is 7.21. The Morgan fingerprint density at radius 3 is 2.21 bits per heavy atom. The first kappa shape index (κ1) is 11.1. The monoisotopic (exact) mass is 232 g/mol. The summed E-state index contributed by atoms with van der Waals surface area (Å²) in [7, 11) is -3.78. The molecule has 2 atom stereocenters. The van der Waals surface area contributed by atoms with E-state index in [1.165, 1.54) is 12.1 Å². The van der Waals surface area contributed by atoms with Gasteiger partial charge in [-0.1, -0.05) is 30.3 Å². The Morgan fingerprint density at radius 2 is 1.86 bits per heavy atom. The number of rotatable bonds is 3. The van der Waals surface area contributed by atoms with Crippen LogP contribution in [0.5, 0.6) is 0 Å². The minimum absolute atomic E-state index is 0.238. The van der Waals surface area contributed by atoms with E-state index in [1.807, 2.05) is 0 Å². The lowest BCUT2D eigenvalue weighted by molar-refractivity contribution is -0.136. The maximum atomic E-state index is 11.1. The van der Waals surface area contributed by atoms with Crippen LogP contribution in [0.2, 0.25) is 0 Å². The van der Waals surface area contributed by atoms with E-state index in [0.717, 1.165) is 0 Å². The van der Waals surface area contributed by atoms with Gasteiger partial charge in [-0.15, -0.1) is 0 Å². The van der Waals surface area contributed by atoms with Crippen molar-refractivity contribution >= 4 is 25.9 Å². The molecule has 4 nitrogen and oxygen atoms in total. The summed E-state index contributed by atoms with van der Waals surface area (Å²) in [6, 6.07) is 7.78. The number of carboxylic acid groups (broad SMARTS) is 1. The summed E-state index contributed by atoms with van der Waals surface area (Å²) < 4.78 is 20.2. The van der Waals surface area contributed by atoms with Crippen molar-refractivity contribution in [3.63, 3.8) is 0 Å². The molecule has 1 rings (SSSR count). The van der Waals surface area contributed by atoms with Crippen LogP contribution in [0.25, 0.3) is 0 Å². The topological polar surface area (TPSA) is 74.6 Å². The van der Waals surface area contributed by atoms with Gasteiger partial charge < -0.3 is 9.66 Å². The lowest BCUT2D eigenvalue weighted by atomic mass is 10.1. The van der Waals surface area contributed by atoms with Crippen LogP contribution in [0.1, 0.15) is 10.8 Å². The molecule has 76 valence electrons. The van der Waals surface area contributed by atoms with E-state index in [0.29, 0.717) is 0 Å². The van der Waals surface area contributed by atoms with Crippen molar-refractivity contribution in [3.8, 4) is 0 Å². The second-order valence-electron chi connectivity index (χ2n) is 2.64. The van der Waals surface area contributed by atoms with E-state index >= 15 is 0 Å². The van der Waals surface area contributed by atoms with Crippen molar-refractivity contribution in [2.24, 2.45) is 0 Å². The summed E-state index contributed by atoms with van der Waals surface area (Å²) >= 11 is 4.27. The third-order valence-corrected chi connectivity index (χ3v) is 3.27. The molecule has 0 fully saturated rings. The van der Waals surface area contributed by atoms with Crippen LogP contribution in [-0.2, 0) is 24.8 Å². The van der Waals surface area contributed by atoms with Crippen molar-refractivity contribution in [1.82, 2.24) is 0 Å². The van der Waals surface area contributed by atoms with Crippen molar-refractivity contribution in [3.05, 3.63) is 35.9 Å². The first-order valence-electron chi connectivity index (χ1n) is 3.67. The van der Waals surface area contributed by atoms with E-state index in [4.69, 9.17) is 9.66 Å². The highest BCUT2D eigenvalue weighted by Crippen LogP contribution is 2.21. The molecule has 0 radical (unpaired) electrons.